The number of nitrogens with zero attached hydrogens (tertiary/aromatic N) is 1. The summed E-state index contributed by atoms with van der Waals surface area (Å²) in [5.74, 6) is 1.37. The van der Waals surface area contributed by atoms with E-state index < -0.39 is 0 Å². The van der Waals surface area contributed by atoms with Crippen molar-refractivity contribution in [2.24, 2.45) is 0 Å². The van der Waals surface area contributed by atoms with E-state index in [2.05, 4.69) is 15.5 Å². The zero-order chi connectivity index (χ0) is 20.8. The lowest BCUT2D eigenvalue weighted by Crippen LogP contribution is -2.37. The van der Waals surface area contributed by atoms with Crippen LogP contribution in [-0.4, -0.2) is 46.6 Å². The van der Waals surface area contributed by atoms with Crippen LogP contribution in [0.25, 0.3) is 0 Å². The van der Waals surface area contributed by atoms with Crippen molar-refractivity contribution in [3.05, 3.63) is 47.0 Å². The first-order chi connectivity index (χ1) is 14.0. The van der Waals surface area contributed by atoms with Crippen molar-refractivity contribution < 1.29 is 19.0 Å². The summed E-state index contributed by atoms with van der Waals surface area (Å²) < 4.78 is 16.1. The van der Waals surface area contributed by atoms with E-state index in [4.69, 9.17) is 25.8 Å². The summed E-state index contributed by atoms with van der Waals surface area (Å²) in [7, 11) is 3.20. The van der Waals surface area contributed by atoms with Gasteiger partial charge in [-0.3, -0.25) is 0 Å². The van der Waals surface area contributed by atoms with Gasteiger partial charge in [-0.2, -0.15) is 0 Å². The third kappa shape index (κ3) is 5.25. The molecule has 0 radical (unpaired) electrons. The lowest BCUT2D eigenvalue weighted by Gasteiger charge is -2.30. The minimum atomic E-state index is -0.334. The topological polar surface area (TPSA) is 72.1 Å². The summed E-state index contributed by atoms with van der Waals surface area (Å²) >= 11 is 6.17. The minimum absolute atomic E-state index is 0.300. The third-order valence-electron chi connectivity index (χ3n) is 4.81. The van der Waals surface area contributed by atoms with Crippen molar-refractivity contribution in [2.75, 3.05) is 50.7 Å². The van der Waals surface area contributed by atoms with E-state index >= 15 is 0 Å². The van der Waals surface area contributed by atoms with Crippen molar-refractivity contribution in [2.45, 2.75) is 13.0 Å². The van der Waals surface area contributed by atoms with Crippen molar-refractivity contribution in [3.8, 4) is 11.5 Å². The second kappa shape index (κ2) is 9.71. The Balaban J connectivity index is 1.75. The third-order valence-corrected chi connectivity index (χ3v) is 5.04. The predicted octanol–water partition coefficient (Wildman–Crippen LogP) is 4.08. The average Bonchev–Trinajstić information content (AvgIpc) is 2.73. The highest BCUT2D eigenvalue weighted by Crippen LogP contribution is 2.31. The fourth-order valence-corrected chi connectivity index (χ4v) is 3.47. The number of ether oxygens (including phenoxy) is 3. The number of methoxy groups -OCH3 is 2. The first kappa shape index (κ1) is 21.1. The van der Waals surface area contributed by atoms with Gasteiger partial charge in [-0.05, 0) is 43.3 Å². The van der Waals surface area contributed by atoms with Crippen molar-refractivity contribution in [1.82, 2.24) is 5.32 Å². The normalized spacial score (nSPS) is 14.8. The van der Waals surface area contributed by atoms with E-state index in [-0.39, 0.29) is 12.1 Å². The van der Waals surface area contributed by atoms with Crippen LogP contribution < -0.4 is 25.0 Å². The fraction of sp³-hybridized carbons (Fsp3) is 0.381. The second-order valence-electron chi connectivity index (χ2n) is 6.69. The molecule has 1 atom stereocenters. The molecule has 1 unspecified atom stereocenters. The summed E-state index contributed by atoms with van der Waals surface area (Å²) in [6, 6.07) is 10.3. The Bertz CT molecular complexity index is 856. The second-order valence-corrected chi connectivity index (χ2v) is 7.13. The quantitative estimate of drug-likeness (QED) is 0.738. The summed E-state index contributed by atoms with van der Waals surface area (Å²) in [6.45, 7) is 4.71. The van der Waals surface area contributed by atoms with Crippen molar-refractivity contribution in [3.63, 3.8) is 0 Å². The molecule has 3 rings (SSSR count). The van der Waals surface area contributed by atoms with E-state index in [9.17, 15) is 4.79 Å². The fourth-order valence-electron chi connectivity index (χ4n) is 3.30. The summed E-state index contributed by atoms with van der Waals surface area (Å²) in [5, 5.41) is 6.43. The zero-order valence-electron chi connectivity index (χ0n) is 16.8. The van der Waals surface area contributed by atoms with Crippen LogP contribution in [0.5, 0.6) is 11.5 Å². The van der Waals surface area contributed by atoms with Crippen LogP contribution in [0.2, 0.25) is 5.02 Å². The Labute approximate surface area is 175 Å². The number of halogens is 1. The monoisotopic (exact) mass is 419 g/mol. The van der Waals surface area contributed by atoms with Gasteiger partial charge in [-0.1, -0.05) is 11.6 Å². The molecule has 0 bridgehead atoms. The van der Waals surface area contributed by atoms with Gasteiger partial charge in [0.1, 0.15) is 11.5 Å². The summed E-state index contributed by atoms with van der Waals surface area (Å²) in [5.41, 5.74) is 2.39. The largest absolute Gasteiger partial charge is 0.497 e. The van der Waals surface area contributed by atoms with Gasteiger partial charge >= 0.3 is 6.03 Å². The van der Waals surface area contributed by atoms with Crippen LogP contribution in [0, 0.1) is 0 Å². The number of nitrogens with one attached hydrogen (secondary N) is 2. The molecule has 0 aliphatic carbocycles. The van der Waals surface area contributed by atoms with Crippen LogP contribution >= 0.6 is 11.6 Å². The van der Waals surface area contributed by atoms with Gasteiger partial charge in [0.2, 0.25) is 0 Å². The molecule has 1 aliphatic rings. The number of carbonyl (C=O) groups excluding carboxylic acids is 1. The number of carbonyl (C=O) groups is 1. The maximum atomic E-state index is 12.7. The molecule has 2 aromatic rings. The summed E-state index contributed by atoms with van der Waals surface area (Å²) in [6.07, 6.45) is 0. The molecule has 1 aliphatic heterocycles. The van der Waals surface area contributed by atoms with Crippen LogP contribution in [0.3, 0.4) is 0 Å². The lowest BCUT2D eigenvalue weighted by atomic mass is 10.1. The molecule has 1 heterocycles. The smallest absolute Gasteiger partial charge is 0.319 e. The molecular formula is C21H26ClN3O4. The first-order valence-electron chi connectivity index (χ1n) is 9.43. The van der Waals surface area contributed by atoms with Crippen LogP contribution in [0.15, 0.2) is 36.4 Å². The maximum Gasteiger partial charge on any atom is 0.319 e. The molecule has 1 fully saturated rings. The van der Waals surface area contributed by atoms with Crippen LogP contribution in [-0.2, 0) is 4.74 Å². The lowest BCUT2D eigenvalue weighted by molar-refractivity contribution is 0.123. The van der Waals surface area contributed by atoms with Gasteiger partial charge in [0.05, 0.1) is 44.8 Å². The van der Waals surface area contributed by atoms with Gasteiger partial charge in [0.15, 0.2) is 0 Å². The summed E-state index contributed by atoms with van der Waals surface area (Å²) in [4.78, 5) is 14.9. The van der Waals surface area contributed by atoms with E-state index in [1.807, 2.05) is 37.3 Å². The number of amides is 2. The molecule has 0 saturated carbocycles. The molecule has 2 aromatic carbocycles. The number of hydrogen-bond acceptors (Lipinski definition) is 5. The molecule has 7 nitrogen and oxygen atoms in total. The molecule has 0 spiro atoms. The SMILES string of the molecule is COc1ccc(OC)c(C(C)NC(=O)Nc2cc(Cl)ccc2N2CCOCC2)c1. The highest BCUT2D eigenvalue weighted by molar-refractivity contribution is 6.31. The minimum Gasteiger partial charge on any atom is -0.497 e. The van der Waals surface area contributed by atoms with Gasteiger partial charge < -0.3 is 29.7 Å². The number of urea groups is 1. The van der Waals surface area contributed by atoms with Gasteiger partial charge in [-0.25, -0.2) is 4.79 Å². The molecule has 2 N–H and O–H groups in total. The van der Waals surface area contributed by atoms with Gasteiger partial charge in [-0.15, -0.1) is 0 Å². The number of anilines is 2. The predicted molar refractivity (Wildman–Crippen MR) is 115 cm³/mol. The molecule has 29 heavy (non-hydrogen) atoms. The van der Waals surface area contributed by atoms with E-state index in [0.717, 1.165) is 24.3 Å². The number of benzene rings is 2. The average molecular weight is 420 g/mol. The number of hydrogen-bond donors (Lipinski definition) is 2. The molecule has 156 valence electrons. The highest BCUT2D eigenvalue weighted by Gasteiger charge is 2.19. The van der Waals surface area contributed by atoms with Crippen LogP contribution in [0.4, 0.5) is 16.2 Å². The Morgan fingerprint density at radius 1 is 1.14 bits per heavy atom. The molecular weight excluding hydrogens is 394 g/mol. The number of morpholine rings is 1. The zero-order valence-corrected chi connectivity index (χ0v) is 17.6. The van der Waals surface area contributed by atoms with Gasteiger partial charge in [0.25, 0.3) is 0 Å². The molecule has 1 saturated heterocycles. The standard InChI is InChI=1S/C21H26ClN3O4/c1-14(17-13-16(27-2)5-7-20(17)28-3)23-21(26)24-18-12-15(22)4-6-19(18)25-8-10-29-11-9-25/h4-7,12-14H,8-11H2,1-3H3,(H2,23,24,26). The Morgan fingerprint density at radius 2 is 1.90 bits per heavy atom. The Kier molecular flexibility index (Phi) is 7.06. The van der Waals surface area contributed by atoms with Crippen LogP contribution in [0.1, 0.15) is 18.5 Å². The van der Waals surface area contributed by atoms with E-state index in [0.29, 0.717) is 35.4 Å². The highest BCUT2D eigenvalue weighted by atomic mass is 35.5. The van der Waals surface area contributed by atoms with E-state index in [1.165, 1.54) is 0 Å². The Morgan fingerprint density at radius 3 is 2.59 bits per heavy atom. The maximum absolute atomic E-state index is 12.7. The first-order valence-corrected chi connectivity index (χ1v) is 9.81. The number of rotatable bonds is 6. The van der Waals surface area contributed by atoms with Crippen molar-refractivity contribution in [1.29, 1.82) is 0 Å². The van der Waals surface area contributed by atoms with Gasteiger partial charge in [0, 0.05) is 23.7 Å². The molecule has 8 heteroatoms. The van der Waals surface area contributed by atoms with Crippen molar-refractivity contribution >= 4 is 29.0 Å². The Hall–Kier alpha value is -2.64. The van der Waals surface area contributed by atoms with E-state index in [1.54, 1.807) is 20.3 Å². The molecule has 0 aromatic heterocycles. The molecule has 2 amide bonds.